The molecule has 2 bridgehead atoms. The highest BCUT2D eigenvalue weighted by Gasteiger charge is 2.67. The number of nitrogens with zero attached hydrogens (tertiary/aromatic N) is 2. The highest BCUT2D eigenvalue weighted by atomic mass is 32.1. The van der Waals surface area contributed by atoms with E-state index >= 15 is 0 Å². The first-order valence-corrected chi connectivity index (χ1v) is 11.3. The first-order chi connectivity index (χ1) is 14.6. The number of methoxy groups -OCH3 is 1. The van der Waals surface area contributed by atoms with Gasteiger partial charge < -0.3 is 14.8 Å². The number of nitrogens with one attached hydrogen (secondary N) is 1. The number of fused-ring (bicyclic) bond motifs is 2. The standard InChI is InChI=1S/C22H23N3O4S/c1-28-13-6-7-16-14(10-13)24-21(30-16)25-11-22-9-8-15(29-22)17(18(22)20(25)27)19(26)23-12-4-2-3-5-12/h6-10,12,15,17-18H,2-5,11H2,1H3,(H,23,26)/t15-,17-,18-,22-/m0/s1. The van der Waals surface area contributed by atoms with Gasteiger partial charge in [-0.3, -0.25) is 14.5 Å². The minimum absolute atomic E-state index is 0.0487. The zero-order chi connectivity index (χ0) is 20.5. The van der Waals surface area contributed by atoms with E-state index in [0.29, 0.717) is 11.7 Å². The van der Waals surface area contributed by atoms with Gasteiger partial charge in [0.2, 0.25) is 11.8 Å². The summed E-state index contributed by atoms with van der Waals surface area (Å²) in [5.74, 6) is -0.346. The third-order valence-corrected chi connectivity index (χ3v) is 7.98. The fourth-order valence-electron chi connectivity index (χ4n) is 5.46. The van der Waals surface area contributed by atoms with Crippen LogP contribution in [0.1, 0.15) is 25.7 Å². The molecule has 7 nitrogen and oxygen atoms in total. The van der Waals surface area contributed by atoms with Gasteiger partial charge in [0.25, 0.3) is 0 Å². The molecule has 1 aromatic carbocycles. The molecule has 1 spiro atoms. The molecule has 0 radical (unpaired) electrons. The Morgan fingerprint density at radius 2 is 2.20 bits per heavy atom. The lowest BCUT2D eigenvalue weighted by molar-refractivity contribution is -0.132. The topological polar surface area (TPSA) is 80.8 Å². The lowest BCUT2D eigenvalue weighted by Gasteiger charge is -2.24. The van der Waals surface area contributed by atoms with E-state index in [1.54, 1.807) is 12.0 Å². The smallest absolute Gasteiger partial charge is 0.236 e. The van der Waals surface area contributed by atoms with E-state index in [1.165, 1.54) is 11.3 Å². The number of amides is 2. The van der Waals surface area contributed by atoms with Crippen LogP contribution in [0.5, 0.6) is 5.75 Å². The molecule has 1 aromatic heterocycles. The maximum absolute atomic E-state index is 13.5. The van der Waals surface area contributed by atoms with Gasteiger partial charge in [0.05, 0.1) is 41.8 Å². The van der Waals surface area contributed by atoms with Gasteiger partial charge in [-0.15, -0.1) is 0 Å². The van der Waals surface area contributed by atoms with Crippen LogP contribution >= 0.6 is 11.3 Å². The maximum Gasteiger partial charge on any atom is 0.236 e. The van der Waals surface area contributed by atoms with E-state index in [2.05, 4.69) is 10.3 Å². The zero-order valence-corrected chi connectivity index (χ0v) is 17.5. The first-order valence-electron chi connectivity index (χ1n) is 10.5. The summed E-state index contributed by atoms with van der Waals surface area (Å²) in [5, 5.41) is 3.81. The summed E-state index contributed by atoms with van der Waals surface area (Å²) in [4.78, 5) is 33.0. The predicted octanol–water partition coefficient (Wildman–Crippen LogP) is 2.65. The Balaban J connectivity index is 1.30. The Hall–Kier alpha value is -2.45. The summed E-state index contributed by atoms with van der Waals surface area (Å²) in [6, 6.07) is 5.94. The van der Waals surface area contributed by atoms with E-state index in [-0.39, 0.29) is 24.0 Å². The summed E-state index contributed by atoms with van der Waals surface area (Å²) < 4.78 is 12.5. The van der Waals surface area contributed by atoms with Gasteiger partial charge in [0, 0.05) is 12.1 Å². The Bertz CT molecular complexity index is 1080. The number of aromatic nitrogens is 1. The van der Waals surface area contributed by atoms with Gasteiger partial charge >= 0.3 is 0 Å². The van der Waals surface area contributed by atoms with Crippen LogP contribution in [0.15, 0.2) is 30.4 Å². The monoisotopic (exact) mass is 425 g/mol. The summed E-state index contributed by atoms with van der Waals surface area (Å²) in [6.45, 7) is 0.396. The molecule has 3 aliphatic heterocycles. The molecule has 4 aliphatic rings. The second-order valence-corrected chi connectivity index (χ2v) is 9.65. The van der Waals surface area contributed by atoms with Crippen LogP contribution in [-0.4, -0.2) is 48.2 Å². The van der Waals surface area contributed by atoms with Crippen LogP contribution in [0.25, 0.3) is 10.2 Å². The summed E-state index contributed by atoms with van der Waals surface area (Å²) in [6.07, 6.45) is 7.96. The highest BCUT2D eigenvalue weighted by molar-refractivity contribution is 7.22. The molecule has 1 aliphatic carbocycles. The minimum Gasteiger partial charge on any atom is -0.497 e. The molecular formula is C22H23N3O4S. The van der Waals surface area contributed by atoms with E-state index in [0.717, 1.165) is 41.6 Å². The Labute approximate surface area is 178 Å². The van der Waals surface area contributed by atoms with Crippen molar-refractivity contribution in [2.45, 2.75) is 43.4 Å². The number of thiazole rings is 1. The average Bonchev–Trinajstić information content (AvgIpc) is 3.54. The van der Waals surface area contributed by atoms with Crippen molar-refractivity contribution >= 4 is 38.5 Å². The summed E-state index contributed by atoms with van der Waals surface area (Å²) in [7, 11) is 1.62. The van der Waals surface area contributed by atoms with Crippen molar-refractivity contribution in [3.8, 4) is 5.75 Å². The molecule has 1 N–H and O–H groups in total. The molecule has 6 rings (SSSR count). The number of carbonyl (C=O) groups is 2. The third kappa shape index (κ3) is 2.56. The number of benzene rings is 1. The maximum atomic E-state index is 13.5. The molecule has 2 amide bonds. The molecule has 156 valence electrons. The number of rotatable bonds is 4. The number of carbonyl (C=O) groups excluding carboxylic acids is 2. The first kappa shape index (κ1) is 18.3. The van der Waals surface area contributed by atoms with Crippen molar-refractivity contribution in [2.24, 2.45) is 11.8 Å². The molecule has 4 heterocycles. The van der Waals surface area contributed by atoms with Gasteiger partial charge in [-0.05, 0) is 25.0 Å². The van der Waals surface area contributed by atoms with Crippen molar-refractivity contribution in [1.82, 2.24) is 10.3 Å². The van der Waals surface area contributed by atoms with Gasteiger partial charge in [0.15, 0.2) is 5.13 Å². The number of ether oxygens (including phenoxy) is 2. The lowest BCUT2D eigenvalue weighted by atomic mass is 9.76. The molecular weight excluding hydrogens is 402 g/mol. The van der Waals surface area contributed by atoms with Gasteiger partial charge in [-0.25, -0.2) is 4.98 Å². The SMILES string of the molecule is COc1ccc2sc(N3C[C@]45C=C[C@H](O4)[C@H](C(=O)NC4CCCC4)[C@H]5C3=O)nc2c1. The molecule has 2 aromatic rings. The molecule has 4 atom stereocenters. The van der Waals surface area contributed by atoms with Crippen molar-refractivity contribution < 1.29 is 19.1 Å². The van der Waals surface area contributed by atoms with Crippen LogP contribution in [-0.2, 0) is 14.3 Å². The lowest BCUT2D eigenvalue weighted by Crippen LogP contribution is -2.46. The van der Waals surface area contributed by atoms with Crippen LogP contribution in [0.4, 0.5) is 5.13 Å². The Morgan fingerprint density at radius 1 is 1.37 bits per heavy atom. The third-order valence-electron chi connectivity index (χ3n) is 6.92. The molecule has 1 saturated carbocycles. The van der Waals surface area contributed by atoms with Crippen LogP contribution in [0.2, 0.25) is 0 Å². The van der Waals surface area contributed by atoms with E-state index in [4.69, 9.17) is 9.47 Å². The van der Waals surface area contributed by atoms with Gasteiger partial charge in [0.1, 0.15) is 11.4 Å². The van der Waals surface area contributed by atoms with Gasteiger partial charge in [-0.1, -0.05) is 36.3 Å². The number of hydrogen-bond acceptors (Lipinski definition) is 6. The second-order valence-electron chi connectivity index (χ2n) is 8.64. The Morgan fingerprint density at radius 3 is 3.00 bits per heavy atom. The number of hydrogen-bond donors (Lipinski definition) is 1. The van der Waals surface area contributed by atoms with E-state index in [1.807, 2.05) is 30.4 Å². The summed E-state index contributed by atoms with van der Waals surface area (Å²) >= 11 is 1.47. The number of anilines is 1. The van der Waals surface area contributed by atoms with Crippen LogP contribution in [0, 0.1) is 11.8 Å². The highest BCUT2D eigenvalue weighted by Crippen LogP contribution is 2.53. The molecule has 0 unspecified atom stereocenters. The predicted molar refractivity (Wildman–Crippen MR) is 113 cm³/mol. The minimum atomic E-state index is -0.727. The van der Waals surface area contributed by atoms with Crippen LogP contribution in [0.3, 0.4) is 0 Å². The average molecular weight is 426 g/mol. The van der Waals surface area contributed by atoms with Gasteiger partial charge in [-0.2, -0.15) is 0 Å². The van der Waals surface area contributed by atoms with E-state index < -0.39 is 17.4 Å². The van der Waals surface area contributed by atoms with E-state index in [9.17, 15) is 9.59 Å². The fraction of sp³-hybridized carbons (Fsp3) is 0.500. The largest absolute Gasteiger partial charge is 0.497 e. The van der Waals surface area contributed by atoms with Crippen molar-refractivity contribution in [3.05, 3.63) is 30.4 Å². The fourth-order valence-corrected chi connectivity index (χ4v) is 6.42. The van der Waals surface area contributed by atoms with Crippen molar-refractivity contribution in [1.29, 1.82) is 0 Å². The quantitative estimate of drug-likeness (QED) is 0.762. The van der Waals surface area contributed by atoms with Crippen LogP contribution < -0.4 is 15.0 Å². The zero-order valence-electron chi connectivity index (χ0n) is 16.7. The molecule has 30 heavy (non-hydrogen) atoms. The van der Waals surface area contributed by atoms with Crippen molar-refractivity contribution in [2.75, 3.05) is 18.6 Å². The normalized spacial score (nSPS) is 32.4. The molecule has 2 saturated heterocycles. The molecule has 8 heteroatoms. The van der Waals surface area contributed by atoms with Crippen molar-refractivity contribution in [3.63, 3.8) is 0 Å². The Kier molecular flexibility index (Phi) is 3.98. The second kappa shape index (κ2) is 6.52. The summed E-state index contributed by atoms with van der Waals surface area (Å²) in [5.41, 5.74) is 0.0719. The molecule has 3 fully saturated rings.